The SMILES string of the molecule is CC1(C)c2cc(-c3cccc(-c4c5ccccc5c(-c5ccccc5)c5ccccc45)c3)ccc2-c2c1c1ccccc1c1ccccc21. The van der Waals surface area contributed by atoms with Gasteiger partial charge in [0.05, 0.1) is 0 Å². The first kappa shape index (κ1) is 28.1. The van der Waals surface area contributed by atoms with Crippen molar-refractivity contribution in [1.29, 1.82) is 0 Å². The van der Waals surface area contributed by atoms with E-state index in [0.717, 1.165) is 0 Å². The van der Waals surface area contributed by atoms with Crippen molar-refractivity contribution in [1.82, 2.24) is 0 Å². The molecule has 230 valence electrons. The number of rotatable bonds is 3. The summed E-state index contributed by atoms with van der Waals surface area (Å²) in [7, 11) is 0. The highest BCUT2D eigenvalue weighted by molar-refractivity contribution is 6.22. The van der Waals surface area contributed by atoms with Crippen LogP contribution < -0.4 is 0 Å². The summed E-state index contributed by atoms with van der Waals surface area (Å²) in [5, 5.41) is 10.5. The van der Waals surface area contributed by atoms with Gasteiger partial charge in [0.15, 0.2) is 0 Å². The number of hydrogen-bond acceptors (Lipinski definition) is 0. The zero-order chi connectivity index (χ0) is 32.7. The Hall–Kier alpha value is -5.98. The van der Waals surface area contributed by atoms with Crippen molar-refractivity contribution in [3.05, 3.63) is 181 Å². The van der Waals surface area contributed by atoms with Crippen LogP contribution in [0.2, 0.25) is 0 Å². The molecular formula is C49H34. The fourth-order valence-corrected chi connectivity index (χ4v) is 8.87. The molecule has 0 saturated carbocycles. The highest BCUT2D eigenvalue weighted by atomic mass is 14.4. The molecule has 0 radical (unpaired) electrons. The molecule has 0 saturated heterocycles. The summed E-state index contributed by atoms with van der Waals surface area (Å²) < 4.78 is 0. The van der Waals surface area contributed by atoms with Gasteiger partial charge in [0.25, 0.3) is 0 Å². The lowest BCUT2D eigenvalue weighted by molar-refractivity contribution is 0.667. The average Bonchev–Trinajstić information content (AvgIpc) is 3.40. The van der Waals surface area contributed by atoms with Gasteiger partial charge in [-0.25, -0.2) is 0 Å². The summed E-state index contributed by atoms with van der Waals surface area (Å²) in [6.07, 6.45) is 0. The Balaban J connectivity index is 1.18. The maximum atomic E-state index is 2.46. The van der Waals surface area contributed by atoms with Crippen LogP contribution in [-0.4, -0.2) is 0 Å². The van der Waals surface area contributed by atoms with E-state index in [2.05, 4.69) is 184 Å². The molecular weight excluding hydrogens is 589 g/mol. The van der Waals surface area contributed by atoms with Crippen molar-refractivity contribution in [2.45, 2.75) is 19.3 Å². The van der Waals surface area contributed by atoms with Crippen molar-refractivity contribution in [3.63, 3.8) is 0 Å². The Labute approximate surface area is 286 Å². The second-order valence-electron chi connectivity index (χ2n) is 14.0. The number of fused-ring (bicyclic) bond motifs is 10. The van der Waals surface area contributed by atoms with E-state index in [0.29, 0.717) is 0 Å². The van der Waals surface area contributed by atoms with E-state index in [4.69, 9.17) is 0 Å². The average molecular weight is 623 g/mol. The van der Waals surface area contributed by atoms with Crippen LogP contribution >= 0.6 is 0 Å². The zero-order valence-corrected chi connectivity index (χ0v) is 27.7. The minimum Gasteiger partial charge on any atom is -0.0622 e. The van der Waals surface area contributed by atoms with Crippen LogP contribution in [0, 0.1) is 0 Å². The van der Waals surface area contributed by atoms with E-state index in [-0.39, 0.29) is 5.41 Å². The molecule has 0 nitrogen and oxygen atoms in total. The quantitative estimate of drug-likeness (QED) is 0.136. The van der Waals surface area contributed by atoms with E-state index in [9.17, 15) is 0 Å². The summed E-state index contributed by atoms with van der Waals surface area (Å²) in [5.41, 5.74) is 13.0. The van der Waals surface area contributed by atoms with Crippen molar-refractivity contribution in [2.75, 3.05) is 0 Å². The maximum absolute atomic E-state index is 2.46. The third kappa shape index (κ3) is 4.04. The molecule has 49 heavy (non-hydrogen) atoms. The maximum Gasteiger partial charge on any atom is 0.0165 e. The van der Waals surface area contributed by atoms with Crippen LogP contribution in [0.25, 0.3) is 87.6 Å². The molecule has 9 aromatic carbocycles. The molecule has 0 aromatic heterocycles. The summed E-state index contributed by atoms with van der Waals surface area (Å²) in [4.78, 5) is 0. The predicted octanol–water partition coefficient (Wildman–Crippen LogP) is 13.6. The second-order valence-corrected chi connectivity index (χ2v) is 14.0. The lowest BCUT2D eigenvalue weighted by atomic mass is 9.78. The highest BCUT2D eigenvalue weighted by Crippen LogP contribution is 2.55. The third-order valence-electron chi connectivity index (χ3n) is 11.0. The molecule has 0 heterocycles. The third-order valence-corrected chi connectivity index (χ3v) is 11.0. The topological polar surface area (TPSA) is 0 Å². The zero-order valence-electron chi connectivity index (χ0n) is 27.7. The van der Waals surface area contributed by atoms with Crippen molar-refractivity contribution in [3.8, 4) is 44.5 Å². The first-order chi connectivity index (χ1) is 24.1. The van der Waals surface area contributed by atoms with Gasteiger partial charge >= 0.3 is 0 Å². The van der Waals surface area contributed by atoms with E-state index < -0.39 is 0 Å². The van der Waals surface area contributed by atoms with Gasteiger partial charge in [0, 0.05) is 5.41 Å². The Morgan fingerprint density at radius 3 is 1.35 bits per heavy atom. The van der Waals surface area contributed by atoms with Crippen LogP contribution in [0.3, 0.4) is 0 Å². The van der Waals surface area contributed by atoms with Gasteiger partial charge in [-0.2, -0.15) is 0 Å². The first-order valence-electron chi connectivity index (χ1n) is 17.3. The fraction of sp³-hybridized carbons (Fsp3) is 0.0612. The Bertz CT molecular complexity index is 2720. The van der Waals surface area contributed by atoms with Gasteiger partial charge in [-0.15, -0.1) is 0 Å². The van der Waals surface area contributed by atoms with E-state index in [1.807, 2.05) is 0 Å². The lowest BCUT2D eigenvalue weighted by Gasteiger charge is -2.24. The number of benzene rings is 9. The lowest BCUT2D eigenvalue weighted by Crippen LogP contribution is -2.15. The summed E-state index contributed by atoms with van der Waals surface area (Å²) in [6.45, 7) is 4.82. The Morgan fingerprint density at radius 1 is 0.306 bits per heavy atom. The molecule has 9 aromatic rings. The van der Waals surface area contributed by atoms with Gasteiger partial charge in [-0.05, 0) is 111 Å². The molecule has 0 atom stereocenters. The molecule has 1 aliphatic carbocycles. The monoisotopic (exact) mass is 622 g/mol. The molecule has 0 spiro atoms. The second kappa shape index (κ2) is 10.5. The molecule has 0 aliphatic heterocycles. The molecule has 0 N–H and O–H groups in total. The minimum atomic E-state index is -0.137. The summed E-state index contributed by atoms with van der Waals surface area (Å²) in [6, 6.07) is 62.9. The first-order valence-corrected chi connectivity index (χ1v) is 17.3. The van der Waals surface area contributed by atoms with Gasteiger partial charge in [-0.1, -0.05) is 172 Å². The molecule has 10 rings (SSSR count). The van der Waals surface area contributed by atoms with Gasteiger partial charge in [-0.3, -0.25) is 0 Å². The molecule has 0 amide bonds. The Morgan fingerprint density at radius 2 is 0.735 bits per heavy atom. The predicted molar refractivity (Wildman–Crippen MR) is 210 cm³/mol. The van der Waals surface area contributed by atoms with Crippen LogP contribution in [0.5, 0.6) is 0 Å². The Kier molecular flexibility index (Phi) is 6.02. The minimum absolute atomic E-state index is 0.137. The molecule has 0 bridgehead atoms. The molecule has 0 fully saturated rings. The highest BCUT2D eigenvalue weighted by Gasteiger charge is 2.38. The van der Waals surface area contributed by atoms with Crippen LogP contribution in [0.15, 0.2) is 170 Å². The van der Waals surface area contributed by atoms with E-state index >= 15 is 0 Å². The van der Waals surface area contributed by atoms with Crippen molar-refractivity contribution in [2.24, 2.45) is 0 Å². The summed E-state index contributed by atoms with van der Waals surface area (Å²) in [5.74, 6) is 0. The van der Waals surface area contributed by atoms with Crippen LogP contribution in [-0.2, 0) is 5.41 Å². The van der Waals surface area contributed by atoms with Gasteiger partial charge in [0.1, 0.15) is 0 Å². The smallest absolute Gasteiger partial charge is 0.0165 e. The van der Waals surface area contributed by atoms with Crippen LogP contribution in [0.4, 0.5) is 0 Å². The number of hydrogen-bond donors (Lipinski definition) is 0. The summed E-state index contributed by atoms with van der Waals surface area (Å²) >= 11 is 0. The van der Waals surface area contributed by atoms with Crippen molar-refractivity contribution >= 4 is 43.1 Å². The normalized spacial score (nSPS) is 13.3. The van der Waals surface area contributed by atoms with Gasteiger partial charge in [0.2, 0.25) is 0 Å². The van der Waals surface area contributed by atoms with Crippen LogP contribution in [0.1, 0.15) is 25.0 Å². The molecule has 0 heteroatoms. The van der Waals surface area contributed by atoms with Crippen molar-refractivity contribution < 1.29 is 0 Å². The molecule has 0 unspecified atom stereocenters. The standard InChI is InChI=1S/C49H34/c1-49(2)44-30-33(27-28-43(44)47-37-21-8-6-19-35(37)36-20-7-13-26-42(36)48(47)49)32-17-14-18-34(29-32)46-40-24-11-9-22-38(40)45(31-15-4-3-5-16-31)39-23-10-12-25-41(39)46/h3-30H,1-2H3. The fourth-order valence-electron chi connectivity index (χ4n) is 8.87. The van der Waals surface area contributed by atoms with E-state index in [1.165, 1.54) is 98.7 Å². The van der Waals surface area contributed by atoms with Gasteiger partial charge < -0.3 is 0 Å². The van der Waals surface area contributed by atoms with E-state index in [1.54, 1.807) is 0 Å². The largest absolute Gasteiger partial charge is 0.0622 e. The molecule has 1 aliphatic rings.